The van der Waals surface area contributed by atoms with E-state index >= 15 is 0 Å². The highest BCUT2D eigenvalue weighted by molar-refractivity contribution is 5.15. The van der Waals surface area contributed by atoms with Gasteiger partial charge in [0.1, 0.15) is 12.4 Å². The Labute approximate surface area is 73.2 Å². The third-order valence-corrected chi connectivity index (χ3v) is 1.51. The van der Waals surface area contributed by atoms with Gasteiger partial charge in [-0.05, 0) is 25.2 Å². The Morgan fingerprint density at radius 1 is 1.50 bits per heavy atom. The van der Waals surface area contributed by atoms with Crippen molar-refractivity contribution in [2.45, 2.75) is 13.3 Å². The fourth-order valence-electron chi connectivity index (χ4n) is 0.920. The van der Waals surface area contributed by atoms with Crippen LogP contribution in [-0.4, -0.2) is 19.8 Å². The standard InChI is InChI=1S/C10H14O2/c1-2-11-8-9-12-10-6-4-3-5-7-10/h4-6H,2,7-9H2,1H3. The van der Waals surface area contributed by atoms with Gasteiger partial charge in [-0.25, -0.2) is 0 Å². The summed E-state index contributed by atoms with van der Waals surface area (Å²) >= 11 is 0. The Balaban J connectivity index is 2.08. The second-order valence-corrected chi connectivity index (χ2v) is 2.42. The molecule has 0 aliphatic heterocycles. The lowest BCUT2D eigenvalue weighted by Crippen LogP contribution is -2.03. The summed E-state index contributed by atoms with van der Waals surface area (Å²) in [5.41, 5.74) is 2.98. The number of hydrogen-bond acceptors (Lipinski definition) is 2. The van der Waals surface area contributed by atoms with Crippen LogP contribution in [0.25, 0.3) is 0 Å². The van der Waals surface area contributed by atoms with Gasteiger partial charge in [0.25, 0.3) is 0 Å². The van der Waals surface area contributed by atoms with E-state index in [0.29, 0.717) is 13.2 Å². The maximum atomic E-state index is 5.42. The Morgan fingerprint density at radius 3 is 3.08 bits per heavy atom. The second-order valence-electron chi connectivity index (χ2n) is 2.42. The lowest BCUT2D eigenvalue weighted by atomic mass is 10.2. The molecular formula is C10H14O2. The van der Waals surface area contributed by atoms with Crippen LogP contribution in [-0.2, 0) is 9.47 Å². The number of ether oxygens (including phenoxy) is 2. The van der Waals surface area contributed by atoms with Crippen molar-refractivity contribution in [1.29, 1.82) is 0 Å². The van der Waals surface area contributed by atoms with E-state index in [1.165, 1.54) is 0 Å². The quantitative estimate of drug-likeness (QED) is 0.459. The highest BCUT2D eigenvalue weighted by Crippen LogP contribution is 2.07. The summed E-state index contributed by atoms with van der Waals surface area (Å²) in [6.45, 7) is 4.04. The molecule has 0 radical (unpaired) electrons. The molecule has 0 N–H and O–H groups in total. The molecule has 1 aliphatic carbocycles. The first kappa shape index (κ1) is 9.11. The molecule has 1 rings (SSSR count). The van der Waals surface area contributed by atoms with Gasteiger partial charge in [0.05, 0.1) is 6.61 Å². The average molecular weight is 166 g/mol. The van der Waals surface area contributed by atoms with E-state index in [1.807, 2.05) is 25.2 Å². The third kappa shape index (κ3) is 3.42. The molecule has 0 spiro atoms. The summed E-state index contributed by atoms with van der Waals surface area (Å²) in [6, 6.07) is 0. The van der Waals surface area contributed by atoms with E-state index in [2.05, 4.69) is 5.73 Å². The molecule has 0 bridgehead atoms. The lowest BCUT2D eigenvalue weighted by Gasteiger charge is -2.08. The molecule has 0 heterocycles. The van der Waals surface area contributed by atoms with Crippen molar-refractivity contribution in [2.24, 2.45) is 0 Å². The molecule has 0 saturated carbocycles. The molecule has 0 atom stereocenters. The minimum absolute atomic E-state index is 0.640. The molecule has 0 fully saturated rings. The van der Waals surface area contributed by atoms with E-state index in [-0.39, 0.29) is 0 Å². The van der Waals surface area contributed by atoms with Crippen LogP contribution in [0.2, 0.25) is 0 Å². The molecule has 12 heavy (non-hydrogen) atoms. The summed E-state index contributed by atoms with van der Waals surface area (Å²) in [5, 5.41) is 0. The summed E-state index contributed by atoms with van der Waals surface area (Å²) in [7, 11) is 0. The van der Waals surface area contributed by atoms with Crippen LogP contribution in [0.5, 0.6) is 0 Å². The van der Waals surface area contributed by atoms with Gasteiger partial charge < -0.3 is 9.47 Å². The van der Waals surface area contributed by atoms with Crippen molar-refractivity contribution in [1.82, 2.24) is 0 Å². The summed E-state index contributed by atoms with van der Waals surface area (Å²) in [5.74, 6) is 0.994. The molecule has 0 aromatic heterocycles. The van der Waals surface area contributed by atoms with Crippen LogP contribution >= 0.6 is 0 Å². The van der Waals surface area contributed by atoms with Crippen molar-refractivity contribution >= 4 is 0 Å². The van der Waals surface area contributed by atoms with E-state index in [1.54, 1.807) is 0 Å². The maximum absolute atomic E-state index is 5.42. The predicted octanol–water partition coefficient (Wildman–Crippen LogP) is 2.04. The number of allylic oxidation sites excluding steroid dienone is 2. The molecule has 0 amide bonds. The van der Waals surface area contributed by atoms with Gasteiger partial charge in [0.15, 0.2) is 0 Å². The first-order valence-electron chi connectivity index (χ1n) is 4.24. The average Bonchev–Trinajstić information content (AvgIpc) is 2.14. The third-order valence-electron chi connectivity index (χ3n) is 1.51. The van der Waals surface area contributed by atoms with Crippen LogP contribution in [0.15, 0.2) is 29.7 Å². The summed E-state index contributed by atoms with van der Waals surface area (Å²) < 4.78 is 10.6. The lowest BCUT2D eigenvalue weighted by molar-refractivity contribution is 0.0819. The Morgan fingerprint density at radius 2 is 2.42 bits per heavy atom. The fourth-order valence-corrected chi connectivity index (χ4v) is 0.920. The first-order chi connectivity index (χ1) is 5.93. The molecule has 66 valence electrons. The zero-order valence-corrected chi connectivity index (χ0v) is 7.38. The Hall–Kier alpha value is -0.980. The van der Waals surface area contributed by atoms with Gasteiger partial charge in [-0.15, -0.1) is 5.73 Å². The second kappa shape index (κ2) is 5.64. The number of hydrogen-bond donors (Lipinski definition) is 0. The minimum Gasteiger partial charge on any atom is -0.495 e. The number of rotatable bonds is 5. The van der Waals surface area contributed by atoms with Crippen molar-refractivity contribution < 1.29 is 9.47 Å². The molecule has 0 aromatic rings. The summed E-state index contributed by atoms with van der Waals surface area (Å²) in [6.07, 6.45) is 6.60. The fraction of sp³-hybridized carbons (Fsp3) is 0.500. The Kier molecular flexibility index (Phi) is 4.28. The topological polar surface area (TPSA) is 18.5 Å². The van der Waals surface area contributed by atoms with Gasteiger partial charge in [-0.3, -0.25) is 0 Å². The van der Waals surface area contributed by atoms with E-state index in [4.69, 9.17) is 9.47 Å². The minimum atomic E-state index is 0.640. The van der Waals surface area contributed by atoms with Gasteiger partial charge >= 0.3 is 0 Å². The zero-order chi connectivity index (χ0) is 8.65. The van der Waals surface area contributed by atoms with Gasteiger partial charge in [-0.2, -0.15) is 0 Å². The van der Waals surface area contributed by atoms with Crippen LogP contribution in [0.3, 0.4) is 0 Å². The van der Waals surface area contributed by atoms with Crippen LogP contribution in [0, 0.1) is 0 Å². The first-order valence-corrected chi connectivity index (χ1v) is 4.24. The normalized spacial score (nSPS) is 14.6. The maximum Gasteiger partial charge on any atom is 0.111 e. The Bertz CT molecular complexity index is 210. The van der Waals surface area contributed by atoms with Crippen molar-refractivity contribution in [3.8, 4) is 0 Å². The molecule has 2 heteroatoms. The van der Waals surface area contributed by atoms with Crippen LogP contribution in [0.4, 0.5) is 0 Å². The summed E-state index contributed by atoms with van der Waals surface area (Å²) in [4.78, 5) is 0. The van der Waals surface area contributed by atoms with E-state index in [0.717, 1.165) is 18.8 Å². The zero-order valence-electron chi connectivity index (χ0n) is 7.38. The largest absolute Gasteiger partial charge is 0.495 e. The van der Waals surface area contributed by atoms with Crippen molar-refractivity contribution in [3.63, 3.8) is 0 Å². The van der Waals surface area contributed by atoms with E-state index < -0.39 is 0 Å². The molecule has 0 unspecified atom stereocenters. The highest BCUT2D eigenvalue weighted by atomic mass is 16.5. The smallest absolute Gasteiger partial charge is 0.111 e. The molecule has 0 saturated heterocycles. The molecule has 1 aliphatic rings. The van der Waals surface area contributed by atoms with Crippen molar-refractivity contribution in [3.05, 3.63) is 29.7 Å². The predicted molar refractivity (Wildman–Crippen MR) is 47.8 cm³/mol. The van der Waals surface area contributed by atoms with Gasteiger partial charge in [0, 0.05) is 13.0 Å². The van der Waals surface area contributed by atoms with Gasteiger partial charge in [-0.1, -0.05) is 0 Å². The molecular weight excluding hydrogens is 152 g/mol. The van der Waals surface area contributed by atoms with Crippen LogP contribution < -0.4 is 0 Å². The van der Waals surface area contributed by atoms with Gasteiger partial charge in [0.2, 0.25) is 0 Å². The van der Waals surface area contributed by atoms with Crippen molar-refractivity contribution in [2.75, 3.05) is 19.8 Å². The highest BCUT2D eigenvalue weighted by Gasteiger charge is 1.96. The monoisotopic (exact) mass is 166 g/mol. The SMILES string of the molecule is CCOCCOC1=CC=C=CC1. The molecule has 0 aromatic carbocycles. The van der Waals surface area contributed by atoms with Crippen LogP contribution in [0.1, 0.15) is 13.3 Å². The molecule has 2 nitrogen and oxygen atoms in total. The van der Waals surface area contributed by atoms with E-state index in [9.17, 15) is 0 Å².